The molecule has 0 atom stereocenters. The fourth-order valence-corrected chi connectivity index (χ4v) is 3.31. The van der Waals surface area contributed by atoms with Gasteiger partial charge in [-0.2, -0.15) is 0 Å². The Hall–Kier alpha value is -1.50. The van der Waals surface area contributed by atoms with E-state index >= 15 is 0 Å². The maximum atomic E-state index is 12.3. The van der Waals surface area contributed by atoms with Crippen molar-refractivity contribution in [3.8, 4) is 5.75 Å². The van der Waals surface area contributed by atoms with Crippen LogP contribution in [-0.4, -0.2) is 20.5 Å². The summed E-state index contributed by atoms with van der Waals surface area (Å²) >= 11 is 11.7. The van der Waals surface area contributed by atoms with E-state index in [0.717, 1.165) is 0 Å². The second kappa shape index (κ2) is 6.09. The van der Waals surface area contributed by atoms with Gasteiger partial charge < -0.3 is 4.74 Å². The first-order valence-electron chi connectivity index (χ1n) is 5.83. The molecular weight excluding hydrogens is 335 g/mol. The minimum absolute atomic E-state index is 0.0302. The maximum Gasteiger partial charge on any atom is 0.262 e. The standard InChI is InChI=1S/C13H12Cl2N2O3S/c1-8-11(4-6-13(15)16-8)17-21(18,19)9-3-5-12(20-2)10(14)7-9/h3-7,17H,1-2H3. The van der Waals surface area contributed by atoms with Crippen molar-refractivity contribution in [3.05, 3.63) is 46.2 Å². The number of methoxy groups -OCH3 is 1. The van der Waals surface area contributed by atoms with E-state index in [-0.39, 0.29) is 9.92 Å². The Kier molecular flexibility index (Phi) is 4.61. The zero-order valence-electron chi connectivity index (χ0n) is 11.2. The second-order valence-corrected chi connectivity index (χ2v) is 6.65. The van der Waals surface area contributed by atoms with Gasteiger partial charge in [0.25, 0.3) is 10.0 Å². The predicted molar refractivity (Wildman–Crippen MR) is 82.8 cm³/mol. The van der Waals surface area contributed by atoms with Crippen molar-refractivity contribution < 1.29 is 13.2 Å². The molecule has 0 fully saturated rings. The van der Waals surface area contributed by atoms with Crippen molar-refractivity contribution in [1.29, 1.82) is 0 Å². The summed E-state index contributed by atoms with van der Waals surface area (Å²) in [5.41, 5.74) is 0.831. The van der Waals surface area contributed by atoms with Gasteiger partial charge in [-0.25, -0.2) is 13.4 Å². The van der Waals surface area contributed by atoms with E-state index in [0.29, 0.717) is 22.3 Å². The van der Waals surface area contributed by atoms with E-state index in [2.05, 4.69) is 9.71 Å². The largest absolute Gasteiger partial charge is 0.495 e. The quantitative estimate of drug-likeness (QED) is 0.860. The highest BCUT2D eigenvalue weighted by molar-refractivity contribution is 7.92. The van der Waals surface area contributed by atoms with Gasteiger partial charge >= 0.3 is 0 Å². The Morgan fingerprint density at radius 2 is 1.90 bits per heavy atom. The fraction of sp³-hybridized carbons (Fsp3) is 0.154. The van der Waals surface area contributed by atoms with Crippen LogP contribution in [-0.2, 0) is 10.0 Å². The van der Waals surface area contributed by atoms with Crippen molar-refractivity contribution in [2.45, 2.75) is 11.8 Å². The van der Waals surface area contributed by atoms with E-state index < -0.39 is 10.0 Å². The number of nitrogens with one attached hydrogen (secondary N) is 1. The van der Waals surface area contributed by atoms with Crippen LogP contribution in [0.2, 0.25) is 10.2 Å². The third-order valence-corrected chi connectivity index (χ3v) is 4.60. The van der Waals surface area contributed by atoms with Gasteiger partial charge in [0.2, 0.25) is 0 Å². The molecule has 0 unspecified atom stereocenters. The molecule has 2 rings (SSSR count). The Labute approximate surface area is 132 Å². The number of aromatic nitrogens is 1. The number of anilines is 1. The van der Waals surface area contributed by atoms with E-state index in [1.165, 1.54) is 31.4 Å². The van der Waals surface area contributed by atoms with E-state index in [4.69, 9.17) is 27.9 Å². The summed E-state index contributed by atoms with van der Waals surface area (Å²) in [6, 6.07) is 7.28. The lowest BCUT2D eigenvalue weighted by molar-refractivity contribution is 0.414. The van der Waals surface area contributed by atoms with Crippen molar-refractivity contribution in [1.82, 2.24) is 4.98 Å². The zero-order chi connectivity index (χ0) is 15.6. The lowest BCUT2D eigenvalue weighted by Crippen LogP contribution is -2.14. The molecule has 0 radical (unpaired) electrons. The van der Waals surface area contributed by atoms with Crippen LogP contribution in [0.4, 0.5) is 5.69 Å². The summed E-state index contributed by atoms with van der Waals surface area (Å²) < 4.78 is 32.1. The van der Waals surface area contributed by atoms with E-state index in [1.807, 2.05) is 0 Å². The molecule has 2 aromatic rings. The van der Waals surface area contributed by atoms with Gasteiger partial charge in [-0.15, -0.1) is 0 Å². The third kappa shape index (κ3) is 3.58. The number of rotatable bonds is 4. The van der Waals surface area contributed by atoms with Gasteiger partial charge in [0.05, 0.1) is 28.4 Å². The molecule has 112 valence electrons. The molecule has 0 aliphatic rings. The number of pyridine rings is 1. The first-order chi connectivity index (χ1) is 9.83. The minimum atomic E-state index is -3.77. The SMILES string of the molecule is COc1ccc(S(=O)(=O)Nc2ccc(Cl)nc2C)cc1Cl. The third-order valence-electron chi connectivity index (χ3n) is 2.73. The second-order valence-electron chi connectivity index (χ2n) is 4.17. The maximum absolute atomic E-state index is 12.3. The normalized spacial score (nSPS) is 11.2. The summed E-state index contributed by atoms with van der Waals surface area (Å²) in [5, 5.41) is 0.509. The first kappa shape index (κ1) is 15.9. The van der Waals surface area contributed by atoms with E-state index in [1.54, 1.807) is 13.0 Å². The molecular formula is C13H12Cl2N2O3S. The van der Waals surface area contributed by atoms with Gasteiger partial charge in [0, 0.05) is 0 Å². The molecule has 5 nitrogen and oxygen atoms in total. The topological polar surface area (TPSA) is 68.3 Å². The van der Waals surface area contributed by atoms with Crippen molar-refractivity contribution in [2.24, 2.45) is 0 Å². The van der Waals surface area contributed by atoms with Crippen LogP contribution < -0.4 is 9.46 Å². The van der Waals surface area contributed by atoms with Crippen molar-refractivity contribution in [3.63, 3.8) is 0 Å². The number of sulfonamides is 1. The zero-order valence-corrected chi connectivity index (χ0v) is 13.6. The molecule has 0 aliphatic carbocycles. The van der Waals surface area contributed by atoms with Crippen LogP contribution in [0.3, 0.4) is 0 Å². The van der Waals surface area contributed by atoms with Crippen LogP contribution in [0.5, 0.6) is 5.75 Å². The van der Waals surface area contributed by atoms with Crippen molar-refractivity contribution in [2.75, 3.05) is 11.8 Å². The highest BCUT2D eigenvalue weighted by Crippen LogP contribution is 2.28. The van der Waals surface area contributed by atoms with Crippen molar-refractivity contribution >= 4 is 38.9 Å². The highest BCUT2D eigenvalue weighted by Gasteiger charge is 2.17. The Balaban J connectivity index is 2.36. The average Bonchev–Trinajstić information content (AvgIpc) is 2.42. The van der Waals surface area contributed by atoms with Crippen LogP contribution in [0, 0.1) is 6.92 Å². The molecule has 1 aromatic heterocycles. The highest BCUT2D eigenvalue weighted by atomic mass is 35.5. The molecule has 0 spiro atoms. The average molecular weight is 347 g/mol. The number of nitrogens with zero attached hydrogens (tertiary/aromatic N) is 1. The van der Waals surface area contributed by atoms with Gasteiger partial charge in [0.15, 0.2) is 0 Å². The molecule has 8 heteroatoms. The van der Waals surface area contributed by atoms with E-state index in [9.17, 15) is 8.42 Å². The van der Waals surface area contributed by atoms with Gasteiger partial charge in [-0.05, 0) is 37.3 Å². The molecule has 0 amide bonds. The number of benzene rings is 1. The molecule has 0 aliphatic heterocycles. The number of hydrogen-bond donors (Lipinski definition) is 1. The molecule has 0 saturated heterocycles. The van der Waals surface area contributed by atoms with Crippen LogP contribution >= 0.6 is 23.2 Å². The summed E-state index contributed by atoms with van der Waals surface area (Å²) in [6.45, 7) is 1.66. The number of hydrogen-bond acceptors (Lipinski definition) is 4. The number of ether oxygens (including phenoxy) is 1. The van der Waals surface area contributed by atoms with Crippen LogP contribution in [0.1, 0.15) is 5.69 Å². The lowest BCUT2D eigenvalue weighted by Gasteiger charge is -2.11. The van der Waals surface area contributed by atoms with Gasteiger partial charge in [0.1, 0.15) is 10.9 Å². The van der Waals surface area contributed by atoms with Gasteiger partial charge in [-0.3, -0.25) is 4.72 Å². The van der Waals surface area contributed by atoms with Gasteiger partial charge in [-0.1, -0.05) is 23.2 Å². The summed E-state index contributed by atoms with van der Waals surface area (Å²) in [7, 11) is -2.31. The lowest BCUT2D eigenvalue weighted by atomic mass is 10.3. The molecule has 1 heterocycles. The first-order valence-corrected chi connectivity index (χ1v) is 8.07. The fourth-order valence-electron chi connectivity index (χ4n) is 1.66. The Morgan fingerprint density at radius 3 is 2.48 bits per heavy atom. The van der Waals surface area contributed by atoms with Crippen LogP contribution in [0.15, 0.2) is 35.2 Å². The molecule has 21 heavy (non-hydrogen) atoms. The number of aryl methyl sites for hydroxylation is 1. The number of halogens is 2. The minimum Gasteiger partial charge on any atom is -0.495 e. The monoisotopic (exact) mass is 346 g/mol. The predicted octanol–water partition coefficient (Wildman–Crippen LogP) is 3.51. The van der Waals surface area contributed by atoms with Crippen LogP contribution in [0.25, 0.3) is 0 Å². The molecule has 1 aromatic carbocycles. The smallest absolute Gasteiger partial charge is 0.262 e. The molecule has 0 saturated carbocycles. The summed E-state index contributed by atoms with van der Waals surface area (Å²) in [5.74, 6) is 0.403. The summed E-state index contributed by atoms with van der Waals surface area (Å²) in [6.07, 6.45) is 0. The Bertz CT molecular complexity index is 779. The molecule has 1 N–H and O–H groups in total. The molecule has 0 bridgehead atoms. The summed E-state index contributed by atoms with van der Waals surface area (Å²) in [4.78, 5) is 4.02. The Morgan fingerprint density at radius 1 is 1.19 bits per heavy atom.